The number of pyridine rings is 1. The molecule has 0 aliphatic carbocycles. The van der Waals surface area contributed by atoms with Gasteiger partial charge in [-0.15, -0.1) is 10.2 Å². The highest BCUT2D eigenvalue weighted by atomic mass is 16.2. The molecular weight excluding hydrogens is 382 g/mol. The Kier molecular flexibility index (Phi) is 5.51. The fourth-order valence-electron chi connectivity index (χ4n) is 3.09. The Morgan fingerprint density at radius 2 is 2.03 bits per heavy atom. The number of aromatic amines is 1. The van der Waals surface area contributed by atoms with Gasteiger partial charge in [0.1, 0.15) is 11.6 Å². The highest BCUT2D eigenvalue weighted by molar-refractivity contribution is 5.89. The van der Waals surface area contributed by atoms with Gasteiger partial charge < -0.3 is 15.6 Å². The first kappa shape index (κ1) is 19.3. The highest BCUT2D eigenvalue weighted by Gasteiger charge is 2.08. The molecule has 3 N–H and O–H groups in total. The van der Waals surface area contributed by atoms with Gasteiger partial charge in [-0.3, -0.25) is 9.20 Å². The molecule has 3 heterocycles. The summed E-state index contributed by atoms with van der Waals surface area (Å²) in [4.78, 5) is 31.3. The third kappa shape index (κ3) is 4.35. The zero-order valence-corrected chi connectivity index (χ0v) is 16.4. The minimum absolute atomic E-state index is 0.200. The molecule has 0 bridgehead atoms. The summed E-state index contributed by atoms with van der Waals surface area (Å²) in [6.07, 6.45) is 3.11. The van der Waals surface area contributed by atoms with Crippen LogP contribution in [0.15, 0.2) is 59.5 Å². The number of amides is 2. The van der Waals surface area contributed by atoms with Crippen molar-refractivity contribution >= 4 is 17.4 Å². The summed E-state index contributed by atoms with van der Waals surface area (Å²) >= 11 is 0. The molecule has 4 rings (SSSR count). The first-order valence-electron chi connectivity index (χ1n) is 9.66. The number of urea groups is 1. The molecule has 0 unspecified atom stereocenters. The van der Waals surface area contributed by atoms with Crippen LogP contribution in [0.25, 0.3) is 17.0 Å². The van der Waals surface area contributed by atoms with Crippen molar-refractivity contribution in [3.63, 3.8) is 0 Å². The van der Waals surface area contributed by atoms with E-state index in [1.54, 1.807) is 18.2 Å². The van der Waals surface area contributed by atoms with E-state index in [0.29, 0.717) is 36.6 Å². The Balaban J connectivity index is 1.38. The van der Waals surface area contributed by atoms with E-state index in [0.717, 1.165) is 17.0 Å². The van der Waals surface area contributed by atoms with Crippen molar-refractivity contribution in [2.24, 2.45) is 0 Å². The summed E-state index contributed by atoms with van der Waals surface area (Å²) in [5.41, 5.74) is 2.60. The number of benzene rings is 1. The van der Waals surface area contributed by atoms with Gasteiger partial charge in [-0.2, -0.15) is 0 Å². The molecule has 0 saturated heterocycles. The second-order valence-electron chi connectivity index (χ2n) is 6.70. The lowest BCUT2D eigenvalue weighted by Crippen LogP contribution is -2.30. The number of hydrogen-bond acceptors (Lipinski definition) is 5. The number of aromatic nitrogens is 5. The van der Waals surface area contributed by atoms with E-state index in [2.05, 4.69) is 30.8 Å². The normalized spacial score (nSPS) is 10.8. The van der Waals surface area contributed by atoms with Gasteiger partial charge in [0.2, 0.25) is 0 Å². The van der Waals surface area contributed by atoms with E-state index in [1.165, 1.54) is 6.07 Å². The molecule has 4 aromatic rings. The van der Waals surface area contributed by atoms with Gasteiger partial charge in [0.25, 0.3) is 5.56 Å². The van der Waals surface area contributed by atoms with Crippen LogP contribution < -0.4 is 16.2 Å². The van der Waals surface area contributed by atoms with E-state index in [-0.39, 0.29) is 11.6 Å². The summed E-state index contributed by atoms with van der Waals surface area (Å²) < 4.78 is 1.89. The standard InChI is InChI=1S/C21H21N7O2/c1-2-15-13-19(29)25-20(23-15)14-6-5-7-16(12-14)24-21(30)22-10-9-18-27-26-17-8-3-4-11-28(17)18/h3-8,11-13H,2,9-10H2,1H3,(H2,22,24,30)(H,23,25,29). The largest absolute Gasteiger partial charge is 0.337 e. The van der Waals surface area contributed by atoms with Gasteiger partial charge in [-0.05, 0) is 30.7 Å². The number of nitrogens with one attached hydrogen (secondary N) is 3. The van der Waals surface area contributed by atoms with Crippen molar-refractivity contribution < 1.29 is 4.79 Å². The molecule has 0 aliphatic heterocycles. The molecule has 0 spiro atoms. The predicted octanol–water partition coefficient (Wildman–Crippen LogP) is 2.41. The maximum atomic E-state index is 12.3. The Bertz CT molecular complexity index is 1250. The van der Waals surface area contributed by atoms with Crippen molar-refractivity contribution in [1.29, 1.82) is 0 Å². The number of rotatable bonds is 6. The van der Waals surface area contributed by atoms with Crippen LogP contribution in [0.3, 0.4) is 0 Å². The molecule has 3 aromatic heterocycles. The lowest BCUT2D eigenvalue weighted by atomic mass is 10.2. The van der Waals surface area contributed by atoms with E-state index >= 15 is 0 Å². The average Bonchev–Trinajstić information content (AvgIpc) is 3.16. The molecule has 1 aromatic carbocycles. The lowest BCUT2D eigenvalue weighted by Gasteiger charge is -2.09. The van der Waals surface area contributed by atoms with Gasteiger partial charge in [0.05, 0.1) is 0 Å². The van der Waals surface area contributed by atoms with Crippen LogP contribution in [0, 0.1) is 0 Å². The van der Waals surface area contributed by atoms with Crippen LogP contribution in [0.5, 0.6) is 0 Å². The number of H-pyrrole nitrogens is 1. The maximum absolute atomic E-state index is 12.3. The zero-order valence-electron chi connectivity index (χ0n) is 16.4. The Morgan fingerprint density at radius 3 is 2.90 bits per heavy atom. The Morgan fingerprint density at radius 1 is 1.13 bits per heavy atom. The molecule has 30 heavy (non-hydrogen) atoms. The summed E-state index contributed by atoms with van der Waals surface area (Å²) in [6, 6.07) is 14.0. The topological polar surface area (TPSA) is 117 Å². The van der Waals surface area contributed by atoms with E-state index < -0.39 is 0 Å². The van der Waals surface area contributed by atoms with Crippen LogP contribution in [-0.2, 0) is 12.8 Å². The van der Waals surface area contributed by atoms with E-state index in [9.17, 15) is 9.59 Å². The molecule has 0 radical (unpaired) electrons. The number of nitrogens with zero attached hydrogens (tertiary/aromatic N) is 4. The molecule has 2 amide bonds. The molecule has 152 valence electrons. The van der Waals surface area contributed by atoms with E-state index in [4.69, 9.17) is 0 Å². The molecule has 0 fully saturated rings. The van der Waals surface area contributed by atoms with Gasteiger partial charge in [-0.1, -0.05) is 25.1 Å². The molecule has 9 heteroatoms. The minimum atomic E-state index is -0.329. The van der Waals surface area contributed by atoms with Gasteiger partial charge in [-0.25, -0.2) is 9.78 Å². The smallest absolute Gasteiger partial charge is 0.319 e. The van der Waals surface area contributed by atoms with Gasteiger partial charge in [0.15, 0.2) is 5.65 Å². The second-order valence-corrected chi connectivity index (χ2v) is 6.70. The van der Waals surface area contributed by atoms with Crippen molar-refractivity contribution in [1.82, 2.24) is 29.9 Å². The molecular formula is C21H21N7O2. The van der Waals surface area contributed by atoms with Crippen LogP contribution >= 0.6 is 0 Å². The summed E-state index contributed by atoms with van der Waals surface area (Å²) in [5, 5.41) is 13.9. The number of hydrogen-bond donors (Lipinski definition) is 3. The fraction of sp³-hybridized carbons (Fsp3) is 0.190. The van der Waals surface area contributed by atoms with Crippen LogP contribution in [0.1, 0.15) is 18.4 Å². The first-order chi connectivity index (χ1) is 14.6. The highest BCUT2D eigenvalue weighted by Crippen LogP contribution is 2.19. The number of fused-ring (bicyclic) bond motifs is 1. The van der Waals surface area contributed by atoms with Crippen molar-refractivity contribution in [2.75, 3.05) is 11.9 Å². The molecule has 0 saturated carbocycles. The van der Waals surface area contributed by atoms with Crippen LogP contribution in [-0.4, -0.2) is 37.1 Å². The quantitative estimate of drug-likeness (QED) is 0.457. The molecule has 9 nitrogen and oxygen atoms in total. The summed E-state index contributed by atoms with van der Waals surface area (Å²) in [6.45, 7) is 2.35. The lowest BCUT2D eigenvalue weighted by molar-refractivity contribution is 0.252. The third-order valence-corrected chi connectivity index (χ3v) is 4.57. The Labute approximate surface area is 172 Å². The van der Waals surface area contributed by atoms with Crippen LogP contribution in [0.2, 0.25) is 0 Å². The fourth-order valence-corrected chi connectivity index (χ4v) is 3.09. The number of anilines is 1. The first-order valence-corrected chi connectivity index (χ1v) is 9.66. The number of aryl methyl sites for hydroxylation is 1. The number of carbonyl (C=O) groups excluding carboxylic acids is 1. The van der Waals surface area contributed by atoms with Crippen molar-refractivity contribution in [2.45, 2.75) is 19.8 Å². The van der Waals surface area contributed by atoms with Gasteiger partial charge in [0, 0.05) is 42.2 Å². The number of carbonyl (C=O) groups is 1. The van der Waals surface area contributed by atoms with Crippen LogP contribution in [0.4, 0.5) is 10.5 Å². The molecule has 0 atom stereocenters. The van der Waals surface area contributed by atoms with E-state index in [1.807, 2.05) is 41.8 Å². The molecule has 0 aliphatic rings. The monoisotopic (exact) mass is 403 g/mol. The predicted molar refractivity (Wildman–Crippen MR) is 113 cm³/mol. The van der Waals surface area contributed by atoms with Gasteiger partial charge >= 0.3 is 6.03 Å². The van der Waals surface area contributed by atoms with Crippen molar-refractivity contribution in [3.05, 3.63) is 76.6 Å². The summed E-state index contributed by atoms with van der Waals surface area (Å²) in [7, 11) is 0. The SMILES string of the molecule is CCc1cc(=O)[nH]c(-c2cccc(NC(=O)NCCc3nnc4ccccn34)c2)n1. The van der Waals surface area contributed by atoms with Crippen molar-refractivity contribution in [3.8, 4) is 11.4 Å². The zero-order chi connectivity index (χ0) is 20.9. The third-order valence-electron chi connectivity index (χ3n) is 4.57. The summed E-state index contributed by atoms with van der Waals surface area (Å²) in [5.74, 6) is 1.25. The average molecular weight is 403 g/mol. The second kappa shape index (κ2) is 8.56. The Hall–Kier alpha value is -4.01. The minimum Gasteiger partial charge on any atom is -0.337 e. The maximum Gasteiger partial charge on any atom is 0.319 e.